The molecule has 0 atom stereocenters. The van der Waals surface area contributed by atoms with E-state index in [2.05, 4.69) is 0 Å². The van der Waals surface area contributed by atoms with E-state index >= 15 is 0 Å². The lowest BCUT2D eigenvalue weighted by molar-refractivity contribution is 0.103. The highest BCUT2D eigenvalue weighted by molar-refractivity contribution is 6.11. The number of aliphatic hydroxyl groups is 1. The minimum Gasteiger partial charge on any atom is -0.507 e. The zero-order valence-corrected chi connectivity index (χ0v) is 12.0. The third-order valence-electron chi connectivity index (χ3n) is 3.33. The summed E-state index contributed by atoms with van der Waals surface area (Å²) >= 11 is 0. The van der Waals surface area contributed by atoms with Gasteiger partial charge in [-0.15, -0.1) is 0 Å². The van der Waals surface area contributed by atoms with E-state index < -0.39 is 0 Å². The summed E-state index contributed by atoms with van der Waals surface area (Å²) in [7, 11) is 0. The fraction of sp³-hybridized carbons (Fsp3) is 0.167. The number of ketones is 1. The number of rotatable bonds is 3. The number of benzene rings is 2. The Morgan fingerprint density at radius 2 is 1.20 bits per heavy atom. The highest BCUT2D eigenvalue weighted by Crippen LogP contribution is 2.20. The average Bonchev–Trinajstić information content (AvgIpc) is 2.46. The van der Waals surface area contributed by atoms with E-state index in [1.54, 1.807) is 19.1 Å². The van der Waals surface area contributed by atoms with Crippen LogP contribution in [0.1, 0.15) is 34.0 Å². The number of aliphatic hydroxyl groups excluding tert-OH is 1. The molecule has 102 valence electrons. The number of carbonyl (C=O) groups is 1. The van der Waals surface area contributed by atoms with Gasteiger partial charge < -0.3 is 5.11 Å². The second-order valence-corrected chi connectivity index (χ2v) is 5.03. The van der Waals surface area contributed by atoms with Gasteiger partial charge in [0, 0.05) is 16.7 Å². The SMILES string of the molecule is CC(C(=O)c1ccc(C)cc1)=C(O)c1ccc(C)cc1. The zero-order chi connectivity index (χ0) is 14.7. The van der Waals surface area contributed by atoms with E-state index in [1.807, 2.05) is 50.2 Å². The first-order valence-electron chi connectivity index (χ1n) is 6.57. The Labute approximate surface area is 119 Å². The summed E-state index contributed by atoms with van der Waals surface area (Å²) in [6.07, 6.45) is 0. The van der Waals surface area contributed by atoms with Crippen LogP contribution < -0.4 is 0 Å². The summed E-state index contributed by atoms with van der Waals surface area (Å²) in [5.41, 5.74) is 3.83. The minimum atomic E-state index is -0.150. The van der Waals surface area contributed by atoms with Crippen molar-refractivity contribution in [2.24, 2.45) is 0 Å². The summed E-state index contributed by atoms with van der Waals surface area (Å²) in [6.45, 7) is 5.60. The highest BCUT2D eigenvalue weighted by Gasteiger charge is 2.13. The van der Waals surface area contributed by atoms with Gasteiger partial charge in [0.1, 0.15) is 5.76 Å². The third-order valence-corrected chi connectivity index (χ3v) is 3.33. The van der Waals surface area contributed by atoms with Gasteiger partial charge in [0.2, 0.25) is 0 Å². The molecule has 2 nitrogen and oxygen atoms in total. The Balaban J connectivity index is 2.35. The van der Waals surface area contributed by atoms with Gasteiger partial charge in [0.05, 0.1) is 0 Å². The first-order valence-corrected chi connectivity index (χ1v) is 6.57. The molecule has 1 N–H and O–H groups in total. The van der Waals surface area contributed by atoms with Crippen molar-refractivity contribution < 1.29 is 9.90 Å². The van der Waals surface area contributed by atoms with Crippen LogP contribution in [0, 0.1) is 13.8 Å². The van der Waals surface area contributed by atoms with E-state index in [0.717, 1.165) is 11.1 Å². The summed E-state index contributed by atoms with van der Waals surface area (Å²) in [6, 6.07) is 14.8. The van der Waals surface area contributed by atoms with Crippen molar-refractivity contribution in [1.82, 2.24) is 0 Å². The molecule has 2 aromatic rings. The van der Waals surface area contributed by atoms with E-state index in [1.165, 1.54) is 0 Å². The number of hydrogen-bond acceptors (Lipinski definition) is 2. The average molecular weight is 266 g/mol. The van der Waals surface area contributed by atoms with Crippen molar-refractivity contribution in [3.8, 4) is 0 Å². The van der Waals surface area contributed by atoms with Crippen LogP contribution in [0.4, 0.5) is 0 Å². The molecule has 0 bridgehead atoms. The molecule has 0 aliphatic rings. The van der Waals surface area contributed by atoms with Crippen LogP contribution in [0.15, 0.2) is 54.1 Å². The highest BCUT2D eigenvalue weighted by atomic mass is 16.3. The topological polar surface area (TPSA) is 37.3 Å². The molecule has 0 spiro atoms. The van der Waals surface area contributed by atoms with E-state index in [4.69, 9.17) is 0 Å². The third kappa shape index (κ3) is 2.97. The lowest BCUT2D eigenvalue weighted by atomic mass is 9.99. The van der Waals surface area contributed by atoms with Crippen molar-refractivity contribution in [3.63, 3.8) is 0 Å². The molecule has 2 heteroatoms. The molecule has 0 fully saturated rings. The normalized spacial score (nSPS) is 11.9. The summed E-state index contributed by atoms with van der Waals surface area (Å²) in [5, 5.41) is 10.2. The maximum atomic E-state index is 12.3. The van der Waals surface area contributed by atoms with Gasteiger partial charge in [0.25, 0.3) is 0 Å². The van der Waals surface area contributed by atoms with Crippen LogP contribution in [-0.2, 0) is 0 Å². The molecular formula is C18H18O2. The molecule has 0 aromatic heterocycles. The molecule has 2 aromatic carbocycles. The molecule has 0 aliphatic heterocycles. The number of hydrogen-bond donors (Lipinski definition) is 1. The van der Waals surface area contributed by atoms with Crippen LogP contribution in [0.5, 0.6) is 0 Å². The predicted molar refractivity (Wildman–Crippen MR) is 81.9 cm³/mol. The van der Waals surface area contributed by atoms with Gasteiger partial charge in [-0.05, 0) is 20.8 Å². The second-order valence-electron chi connectivity index (χ2n) is 5.03. The summed E-state index contributed by atoms with van der Waals surface area (Å²) < 4.78 is 0. The molecular weight excluding hydrogens is 248 g/mol. The lowest BCUT2D eigenvalue weighted by Gasteiger charge is -2.07. The van der Waals surface area contributed by atoms with Crippen LogP contribution in [0.25, 0.3) is 5.76 Å². The lowest BCUT2D eigenvalue weighted by Crippen LogP contribution is -2.03. The Bertz CT molecular complexity index is 647. The molecule has 0 saturated heterocycles. The largest absolute Gasteiger partial charge is 0.507 e. The second kappa shape index (κ2) is 5.74. The van der Waals surface area contributed by atoms with Crippen LogP contribution in [0.3, 0.4) is 0 Å². The van der Waals surface area contributed by atoms with Crippen molar-refractivity contribution in [2.45, 2.75) is 20.8 Å². The van der Waals surface area contributed by atoms with Gasteiger partial charge in [-0.2, -0.15) is 0 Å². The van der Waals surface area contributed by atoms with Gasteiger partial charge >= 0.3 is 0 Å². The minimum absolute atomic E-state index is 0.0376. The monoisotopic (exact) mass is 266 g/mol. The molecule has 0 amide bonds. The Kier molecular flexibility index (Phi) is 4.04. The van der Waals surface area contributed by atoms with Crippen molar-refractivity contribution >= 4 is 11.5 Å². The first kappa shape index (κ1) is 14.1. The standard InChI is InChI=1S/C18H18O2/c1-12-4-8-15(9-5-12)17(19)14(3)18(20)16-10-6-13(2)7-11-16/h4-11,19H,1-3H3. The van der Waals surface area contributed by atoms with Crippen LogP contribution in [0.2, 0.25) is 0 Å². The molecule has 0 aliphatic carbocycles. The summed E-state index contributed by atoms with van der Waals surface area (Å²) in [4.78, 5) is 12.3. The summed E-state index contributed by atoms with van der Waals surface area (Å²) in [5.74, 6) is -0.112. The first-order chi connectivity index (χ1) is 9.49. The van der Waals surface area contributed by atoms with E-state index in [0.29, 0.717) is 16.7 Å². The van der Waals surface area contributed by atoms with Gasteiger partial charge in [-0.1, -0.05) is 59.7 Å². The van der Waals surface area contributed by atoms with Crippen LogP contribution >= 0.6 is 0 Å². The maximum Gasteiger partial charge on any atom is 0.192 e. The Hall–Kier alpha value is -2.35. The predicted octanol–water partition coefficient (Wildman–Crippen LogP) is 4.48. The fourth-order valence-electron chi connectivity index (χ4n) is 1.96. The number of Topliss-reactive ketones (excluding diaryl/α,β-unsaturated/α-hetero) is 1. The fourth-order valence-corrected chi connectivity index (χ4v) is 1.96. The van der Waals surface area contributed by atoms with Crippen LogP contribution in [-0.4, -0.2) is 10.9 Å². The smallest absolute Gasteiger partial charge is 0.192 e. The molecule has 0 saturated carbocycles. The molecule has 0 heterocycles. The van der Waals surface area contributed by atoms with Crippen molar-refractivity contribution in [2.75, 3.05) is 0 Å². The number of allylic oxidation sites excluding steroid dienone is 1. The number of aryl methyl sites for hydroxylation is 2. The molecule has 20 heavy (non-hydrogen) atoms. The molecule has 0 radical (unpaired) electrons. The van der Waals surface area contributed by atoms with Gasteiger partial charge in [-0.25, -0.2) is 0 Å². The maximum absolute atomic E-state index is 12.3. The van der Waals surface area contributed by atoms with Gasteiger partial charge in [0.15, 0.2) is 5.78 Å². The quantitative estimate of drug-likeness (QED) is 0.505. The number of carbonyl (C=O) groups excluding carboxylic acids is 1. The Morgan fingerprint density at radius 1 is 0.800 bits per heavy atom. The Morgan fingerprint density at radius 3 is 1.65 bits per heavy atom. The molecule has 2 rings (SSSR count). The molecule has 0 unspecified atom stereocenters. The van der Waals surface area contributed by atoms with E-state index in [9.17, 15) is 9.90 Å². The van der Waals surface area contributed by atoms with Crippen molar-refractivity contribution in [1.29, 1.82) is 0 Å². The van der Waals surface area contributed by atoms with E-state index in [-0.39, 0.29) is 11.5 Å². The zero-order valence-electron chi connectivity index (χ0n) is 12.0. The van der Waals surface area contributed by atoms with Gasteiger partial charge in [-0.3, -0.25) is 4.79 Å². The van der Waals surface area contributed by atoms with Crippen molar-refractivity contribution in [3.05, 3.63) is 76.4 Å².